The molecule has 0 spiro atoms. The van der Waals surface area contributed by atoms with E-state index in [4.69, 9.17) is 9.97 Å². The van der Waals surface area contributed by atoms with Gasteiger partial charge in [0.25, 0.3) is 0 Å². The molecule has 4 heteroatoms. The Morgan fingerprint density at radius 1 is 1.25 bits per heavy atom. The first kappa shape index (κ1) is 16.7. The zero-order valence-electron chi connectivity index (χ0n) is 15.0. The number of nitrogens with one attached hydrogen (secondary N) is 1. The lowest BCUT2D eigenvalue weighted by atomic mass is 10.0. The summed E-state index contributed by atoms with van der Waals surface area (Å²) in [7, 11) is 0. The maximum Gasteiger partial charge on any atom is 0.163 e. The maximum absolute atomic E-state index is 4.87. The molecular formula is C20H28N4. The van der Waals surface area contributed by atoms with Crippen molar-refractivity contribution >= 4 is 11.6 Å². The highest BCUT2D eigenvalue weighted by Gasteiger charge is 2.19. The van der Waals surface area contributed by atoms with Crippen LogP contribution in [0.3, 0.4) is 0 Å². The summed E-state index contributed by atoms with van der Waals surface area (Å²) in [6.45, 7) is 8.85. The van der Waals surface area contributed by atoms with Crippen LogP contribution >= 0.6 is 0 Å². The third-order valence-electron chi connectivity index (χ3n) is 4.73. The molecular weight excluding hydrogens is 296 g/mol. The number of hydrogen-bond acceptors (Lipinski definition) is 4. The molecule has 0 aliphatic carbocycles. The van der Waals surface area contributed by atoms with Crippen LogP contribution in [0.25, 0.3) is 11.4 Å². The van der Waals surface area contributed by atoms with Gasteiger partial charge >= 0.3 is 0 Å². The molecule has 3 rings (SSSR count). The Hall–Kier alpha value is -2.10. The van der Waals surface area contributed by atoms with Crippen LogP contribution in [-0.4, -0.2) is 29.1 Å². The van der Waals surface area contributed by atoms with Gasteiger partial charge < -0.3 is 10.2 Å². The maximum atomic E-state index is 4.87. The predicted molar refractivity (Wildman–Crippen MR) is 101 cm³/mol. The van der Waals surface area contributed by atoms with E-state index < -0.39 is 0 Å². The zero-order chi connectivity index (χ0) is 16.9. The van der Waals surface area contributed by atoms with Crippen molar-refractivity contribution in [3.8, 4) is 11.4 Å². The van der Waals surface area contributed by atoms with Crippen LogP contribution < -0.4 is 10.2 Å². The average Bonchev–Trinajstić information content (AvgIpc) is 2.62. The summed E-state index contributed by atoms with van der Waals surface area (Å²) in [6, 6.07) is 12.8. The van der Waals surface area contributed by atoms with Crippen molar-refractivity contribution in [3.63, 3.8) is 0 Å². The summed E-state index contributed by atoms with van der Waals surface area (Å²) in [4.78, 5) is 12.0. The second kappa shape index (κ2) is 7.65. The SMILES string of the molecule is CCC(C)Nc1cc(N2CCCC(C)C2)nc(-c2ccccc2)n1. The molecule has 0 radical (unpaired) electrons. The molecule has 2 atom stereocenters. The molecule has 128 valence electrons. The number of hydrogen-bond donors (Lipinski definition) is 1. The fraction of sp³-hybridized carbons (Fsp3) is 0.500. The van der Waals surface area contributed by atoms with E-state index in [0.29, 0.717) is 6.04 Å². The lowest BCUT2D eigenvalue weighted by Gasteiger charge is -2.32. The first-order valence-electron chi connectivity index (χ1n) is 9.11. The summed E-state index contributed by atoms with van der Waals surface area (Å²) in [6.07, 6.45) is 3.62. The standard InChI is InChI=1S/C20H28N4/c1-4-16(3)21-18-13-19(24-12-8-9-15(2)14-24)23-20(22-18)17-10-6-5-7-11-17/h5-7,10-11,13,15-16H,4,8-9,12,14H2,1-3H3,(H,21,22,23). The van der Waals surface area contributed by atoms with Crippen LogP contribution in [0.1, 0.15) is 40.0 Å². The second-order valence-electron chi connectivity index (χ2n) is 6.95. The van der Waals surface area contributed by atoms with E-state index in [1.807, 2.05) is 18.2 Å². The van der Waals surface area contributed by atoms with E-state index in [9.17, 15) is 0 Å². The van der Waals surface area contributed by atoms with E-state index in [1.165, 1.54) is 12.8 Å². The summed E-state index contributed by atoms with van der Waals surface area (Å²) in [5.74, 6) is 3.49. The van der Waals surface area contributed by atoms with E-state index >= 15 is 0 Å². The van der Waals surface area contributed by atoms with E-state index in [-0.39, 0.29) is 0 Å². The highest BCUT2D eigenvalue weighted by Crippen LogP contribution is 2.26. The van der Waals surface area contributed by atoms with Gasteiger partial charge in [-0.25, -0.2) is 9.97 Å². The van der Waals surface area contributed by atoms with E-state index in [0.717, 1.165) is 48.5 Å². The number of nitrogens with zero attached hydrogens (tertiary/aromatic N) is 3. The monoisotopic (exact) mass is 324 g/mol. The Kier molecular flexibility index (Phi) is 5.34. The van der Waals surface area contributed by atoms with Gasteiger partial charge in [0.05, 0.1) is 0 Å². The first-order chi connectivity index (χ1) is 11.7. The Bertz CT molecular complexity index is 656. The second-order valence-corrected chi connectivity index (χ2v) is 6.95. The molecule has 0 amide bonds. The van der Waals surface area contributed by atoms with E-state index in [1.54, 1.807) is 0 Å². The fourth-order valence-electron chi connectivity index (χ4n) is 3.14. The number of piperidine rings is 1. The molecule has 1 aliphatic heterocycles. The average molecular weight is 324 g/mol. The zero-order valence-corrected chi connectivity index (χ0v) is 15.0. The first-order valence-corrected chi connectivity index (χ1v) is 9.11. The van der Waals surface area contributed by atoms with Crippen LogP contribution in [0.4, 0.5) is 11.6 Å². The molecule has 0 saturated carbocycles. The number of anilines is 2. The molecule has 1 aromatic carbocycles. The molecule has 2 aromatic rings. The van der Waals surface area contributed by atoms with Crippen molar-refractivity contribution in [2.45, 2.75) is 46.1 Å². The van der Waals surface area contributed by atoms with Gasteiger partial charge in [0, 0.05) is 30.8 Å². The van der Waals surface area contributed by atoms with Gasteiger partial charge in [0.2, 0.25) is 0 Å². The van der Waals surface area contributed by atoms with Crippen LogP contribution in [0.5, 0.6) is 0 Å². The van der Waals surface area contributed by atoms with Crippen molar-refractivity contribution < 1.29 is 0 Å². The Morgan fingerprint density at radius 3 is 2.75 bits per heavy atom. The molecule has 2 unspecified atom stereocenters. The van der Waals surface area contributed by atoms with Crippen LogP contribution in [-0.2, 0) is 0 Å². The smallest absolute Gasteiger partial charge is 0.163 e. The van der Waals surface area contributed by atoms with Crippen LogP contribution in [0.2, 0.25) is 0 Å². The highest BCUT2D eigenvalue weighted by atomic mass is 15.2. The normalized spacial score (nSPS) is 19.1. The van der Waals surface area contributed by atoms with Gasteiger partial charge in [0.1, 0.15) is 11.6 Å². The van der Waals surface area contributed by atoms with Crippen molar-refractivity contribution in [3.05, 3.63) is 36.4 Å². The molecule has 24 heavy (non-hydrogen) atoms. The van der Waals surface area contributed by atoms with E-state index in [2.05, 4.69) is 49.2 Å². The van der Waals surface area contributed by atoms with Crippen molar-refractivity contribution in [1.29, 1.82) is 0 Å². The third kappa shape index (κ3) is 4.05. The van der Waals surface area contributed by atoms with Gasteiger partial charge in [-0.3, -0.25) is 0 Å². The van der Waals surface area contributed by atoms with Gasteiger partial charge in [-0.2, -0.15) is 0 Å². The Balaban J connectivity index is 1.96. The van der Waals surface area contributed by atoms with Crippen molar-refractivity contribution in [1.82, 2.24) is 9.97 Å². The molecule has 1 aromatic heterocycles. The minimum Gasteiger partial charge on any atom is -0.367 e. The Morgan fingerprint density at radius 2 is 2.04 bits per heavy atom. The number of benzene rings is 1. The van der Waals surface area contributed by atoms with Gasteiger partial charge in [-0.1, -0.05) is 44.2 Å². The van der Waals surface area contributed by atoms with Gasteiger partial charge in [0.15, 0.2) is 5.82 Å². The van der Waals surface area contributed by atoms with Crippen molar-refractivity contribution in [2.75, 3.05) is 23.3 Å². The largest absolute Gasteiger partial charge is 0.367 e. The third-order valence-corrected chi connectivity index (χ3v) is 4.73. The number of aromatic nitrogens is 2. The molecule has 1 aliphatic rings. The quantitative estimate of drug-likeness (QED) is 0.873. The molecule has 2 heterocycles. The minimum absolute atomic E-state index is 0.400. The fourth-order valence-corrected chi connectivity index (χ4v) is 3.14. The summed E-state index contributed by atoms with van der Waals surface area (Å²) in [5, 5.41) is 3.51. The van der Waals surface area contributed by atoms with Gasteiger partial charge in [-0.15, -0.1) is 0 Å². The molecule has 1 saturated heterocycles. The molecule has 0 bridgehead atoms. The van der Waals surface area contributed by atoms with Gasteiger partial charge in [-0.05, 0) is 32.1 Å². The lowest BCUT2D eigenvalue weighted by molar-refractivity contribution is 0.444. The summed E-state index contributed by atoms with van der Waals surface area (Å²) >= 11 is 0. The molecule has 1 N–H and O–H groups in total. The van der Waals surface area contributed by atoms with Crippen LogP contribution in [0.15, 0.2) is 36.4 Å². The minimum atomic E-state index is 0.400. The predicted octanol–water partition coefficient (Wildman–Crippen LogP) is 4.59. The number of rotatable bonds is 5. The molecule has 4 nitrogen and oxygen atoms in total. The topological polar surface area (TPSA) is 41.0 Å². The lowest BCUT2D eigenvalue weighted by Crippen LogP contribution is -2.35. The Labute approximate surface area is 145 Å². The molecule has 1 fully saturated rings. The summed E-state index contributed by atoms with van der Waals surface area (Å²) in [5.41, 5.74) is 1.07. The van der Waals surface area contributed by atoms with Crippen LogP contribution in [0, 0.1) is 5.92 Å². The van der Waals surface area contributed by atoms with Crippen molar-refractivity contribution in [2.24, 2.45) is 5.92 Å². The highest BCUT2D eigenvalue weighted by molar-refractivity contribution is 5.62. The summed E-state index contributed by atoms with van der Waals surface area (Å²) < 4.78 is 0.